The van der Waals surface area contributed by atoms with E-state index >= 15 is 0 Å². The predicted octanol–water partition coefficient (Wildman–Crippen LogP) is 2.47. The number of fused-ring (bicyclic) bond motifs is 1. The second-order valence-electron chi connectivity index (χ2n) is 3.66. The Bertz CT molecular complexity index is 602. The molecule has 3 rings (SSSR count). The number of carbonyl (C=O) groups excluding carboxylic acids is 1. The molecule has 0 bridgehead atoms. The lowest BCUT2D eigenvalue weighted by Crippen LogP contribution is -2.17. The Kier molecular flexibility index (Phi) is 1.90. The normalized spacial score (nSPS) is 14.5. The first-order chi connectivity index (χ1) is 7.83. The Morgan fingerprint density at radius 2 is 1.81 bits per heavy atom. The third-order valence-corrected chi connectivity index (χ3v) is 2.61. The lowest BCUT2D eigenvalue weighted by molar-refractivity contribution is 0.249. The molecule has 2 amide bonds. The van der Waals surface area contributed by atoms with Crippen molar-refractivity contribution in [3.63, 3.8) is 0 Å². The zero-order chi connectivity index (χ0) is 11.0. The number of urea groups is 1. The van der Waals surface area contributed by atoms with Gasteiger partial charge < -0.3 is 5.32 Å². The van der Waals surface area contributed by atoms with Crippen LogP contribution in [0.1, 0.15) is 5.56 Å². The first-order valence-corrected chi connectivity index (χ1v) is 5.04. The number of nitrogens with zero attached hydrogens (tertiary/aromatic N) is 1. The summed E-state index contributed by atoms with van der Waals surface area (Å²) in [6, 6.07) is 13.9. The van der Waals surface area contributed by atoms with Crippen LogP contribution < -0.4 is 10.6 Å². The minimum atomic E-state index is -0.303. The highest BCUT2D eigenvalue weighted by atomic mass is 16.2. The van der Waals surface area contributed by atoms with Gasteiger partial charge in [0.15, 0.2) is 0 Å². The highest BCUT2D eigenvalue weighted by Gasteiger charge is 2.14. The SMILES string of the molecule is O=C1[N]C=C(c2ccc3ccccc3c2)N1. The summed E-state index contributed by atoms with van der Waals surface area (Å²) >= 11 is 0. The van der Waals surface area contributed by atoms with E-state index in [4.69, 9.17) is 0 Å². The van der Waals surface area contributed by atoms with E-state index < -0.39 is 0 Å². The van der Waals surface area contributed by atoms with Gasteiger partial charge in [-0.15, -0.1) is 0 Å². The van der Waals surface area contributed by atoms with Crippen molar-refractivity contribution in [2.75, 3.05) is 0 Å². The summed E-state index contributed by atoms with van der Waals surface area (Å²) in [6.45, 7) is 0. The Balaban J connectivity index is 2.09. The second kappa shape index (κ2) is 3.38. The van der Waals surface area contributed by atoms with Crippen LogP contribution in [0.25, 0.3) is 16.5 Å². The molecule has 2 aromatic carbocycles. The quantitative estimate of drug-likeness (QED) is 0.770. The fraction of sp³-hybridized carbons (Fsp3) is 0. The van der Waals surface area contributed by atoms with Crippen molar-refractivity contribution >= 4 is 22.5 Å². The van der Waals surface area contributed by atoms with Gasteiger partial charge in [-0.25, -0.2) is 4.79 Å². The van der Waals surface area contributed by atoms with E-state index in [0.717, 1.165) is 16.6 Å². The molecule has 0 aliphatic carbocycles. The summed E-state index contributed by atoms with van der Waals surface area (Å²) in [4.78, 5) is 11.0. The first kappa shape index (κ1) is 8.97. The molecule has 2 aromatic rings. The summed E-state index contributed by atoms with van der Waals surface area (Å²) in [7, 11) is 0. The van der Waals surface area contributed by atoms with E-state index in [0.29, 0.717) is 0 Å². The number of nitrogens with one attached hydrogen (secondary N) is 1. The topological polar surface area (TPSA) is 43.2 Å². The molecule has 3 heteroatoms. The van der Waals surface area contributed by atoms with Crippen LogP contribution in [0.5, 0.6) is 0 Å². The largest absolute Gasteiger partial charge is 0.345 e. The summed E-state index contributed by atoms with van der Waals surface area (Å²) < 4.78 is 0. The molecular formula is C13H9N2O. The number of rotatable bonds is 1. The summed E-state index contributed by atoms with van der Waals surface area (Å²) in [6.07, 6.45) is 1.56. The van der Waals surface area contributed by atoms with E-state index in [1.165, 1.54) is 5.39 Å². The molecular weight excluding hydrogens is 200 g/mol. The van der Waals surface area contributed by atoms with Crippen LogP contribution in [0.15, 0.2) is 48.7 Å². The van der Waals surface area contributed by atoms with Gasteiger partial charge in [0.2, 0.25) is 0 Å². The van der Waals surface area contributed by atoms with Gasteiger partial charge in [0.25, 0.3) is 0 Å². The Morgan fingerprint density at radius 3 is 2.56 bits per heavy atom. The van der Waals surface area contributed by atoms with Crippen molar-refractivity contribution in [3.8, 4) is 0 Å². The number of hydrogen-bond acceptors (Lipinski definition) is 1. The fourth-order valence-corrected chi connectivity index (χ4v) is 1.81. The zero-order valence-electron chi connectivity index (χ0n) is 8.47. The van der Waals surface area contributed by atoms with Gasteiger partial charge in [-0.3, -0.25) is 0 Å². The molecule has 0 atom stereocenters. The van der Waals surface area contributed by atoms with Crippen LogP contribution in [0, 0.1) is 0 Å². The average Bonchev–Trinajstić information content (AvgIpc) is 2.75. The number of amides is 2. The van der Waals surface area contributed by atoms with Crippen molar-refractivity contribution in [3.05, 3.63) is 54.2 Å². The average molecular weight is 209 g/mol. The van der Waals surface area contributed by atoms with Crippen LogP contribution >= 0.6 is 0 Å². The maximum absolute atomic E-state index is 11.0. The Morgan fingerprint density at radius 1 is 1.00 bits per heavy atom. The summed E-state index contributed by atoms with van der Waals surface area (Å²) in [5, 5.41) is 8.70. The van der Waals surface area contributed by atoms with E-state index in [2.05, 4.69) is 16.7 Å². The molecule has 0 fully saturated rings. The molecule has 1 aliphatic heterocycles. The summed E-state index contributed by atoms with van der Waals surface area (Å²) in [5.74, 6) is 0. The summed E-state index contributed by atoms with van der Waals surface area (Å²) in [5.41, 5.74) is 1.74. The third-order valence-electron chi connectivity index (χ3n) is 2.61. The second-order valence-corrected chi connectivity index (χ2v) is 3.66. The van der Waals surface area contributed by atoms with Gasteiger partial charge in [-0.05, 0) is 16.8 Å². The third kappa shape index (κ3) is 1.42. The minimum Gasteiger partial charge on any atom is -0.304 e. The molecule has 0 spiro atoms. The maximum Gasteiger partial charge on any atom is 0.345 e. The lowest BCUT2D eigenvalue weighted by Gasteiger charge is -2.03. The van der Waals surface area contributed by atoms with Crippen molar-refractivity contribution in [1.29, 1.82) is 0 Å². The molecule has 16 heavy (non-hydrogen) atoms. The van der Waals surface area contributed by atoms with Crippen molar-refractivity contribution in [2.24, 2.45) is 0 Å². The van der Waals surface area contributed by atoms with Crippen LogP contribution in [-0.4, -0.2) is 6.03 Å². The smallest absolute Gasteiger partial charge is 0.304 e. The predicted molar refractivity (Wildman–Crippen MR) is 62.6 cm³/mol. The van der Waals surface area contributed by atoms with E-state index in [1.807, 2.05) is 36.4 Å². The number of carbonyl (C=O) groups is 1. The fourth-order valence-electron chi connectivity index (χ4n) is 1.81. The number of benzene rings is 2. The first-order valence-electron chi connectivity index (χ1n) is 5.04. The van der Waals surface area contributed by atoms with Gasteiger partial charge in [0, 0.05) is 5.56 Å². The van der Waals surface area contributed by atoms with Crippen LogP contribution in [0.2, 0.25) is 0 Å². The zero-order valence-corrected chi connectivity index (χ0v) is 8.47. The van der Waals surface area contributed by atoms with Gasteiger partial charge >= 0.3 is 6.03 Å². The van der Waals surface area contributed by atoms with E-state index in [9.17, 15) is 4.79 Å². The van der Waals surface area contributed by atoms with Gasteiger partial charge in [-0.2, -0.15) is 5.32 Å². The van der Waals surface area contributed by atoms with Crippen molar-refractivity contribution in [2.45, 2.75) is 0 Å². The standard InChI is InChI=1S/C13H9N2O/c16-13-14-8-12(15-13)11-6-5-9-3-1-2-4-10(9)7-11/h1-8H,(H,15,16). The Hall–Kier alpha value is -2.29. The van der Waals surface area contributed by atoms with Crippen molar-refractivity contribution < 1.29 is 4.79 Å². The Labute approximate surface area is 92.8 Å². The molecule has 1 aliphatic rings. The molecule has 77 valence electrons. The van der Waals surface area contributed by atoms with Gasteiger partial charge in [-0.1, -0.05) is 36.4 Å². The van der Waals surface area contributed by atoms with Crippen LogP contribution in [0.3, 0.4) is 0 Å². The molecule has 0 unspecified atom stereocenters. The van der Waals surface area contributed by atoms with E-state index in [-0.39, 0.29) is 6.03 Å². The van der Waals surface area contributed by atoms with Crippen LogP contribution in [0.4, 0.5) is 4.79 Å². The highest BCUT2D eigenvalue weighted by Crippen LogP contribution is 2.20. The maximum atomic E-state index is 11.0. The van der Waals surface area contributed by atoms with E-state index in [1.54, 1.807) is 6.20 Å². The molecule has 0 saturated carbocycles. The molecule has 1 radical (unpaired) electrons. The lowest BCUT2D eigenvalue weighted by atomic mass is 10.1. The minimum absolute atomic E-state index is 0.303. The molecule has 1 heterocycles. The van der Waals surface area contributed by atoms with Gasteiger partial charge in [0.1, 0.15) is 0 Å². The highest BCUT2D eigenvalue weighted by molar-refractivity contribution is 5.93. The monoisotopic (exact) mass is 209 g/mol. The molecule has 0 aromatic heterocycles. The molecule has 3 nitrogen and oxygen atoms in total. The molecule has 0 saturated heterocycles. The molecule has 1 N–H and O–H groups in total. The number of hydrogen-bond donors (Lipinski definition) is 1. The van der Waals surface area contributed by atoms with Crippen LogP contribution in [-0.2, 0) is 0 Å². The van der Waals surface area contributed by atoms with Crippen molar-refractivity contribution in [1.82, 2.24) is 10.6 Å². The van der Waals surface area contributed by atoms with Gasteiger partial charge in [0.05, 0.1) is 11.9 Å².